The molecular formula is C7H14O2S. The first-order valence-corrected chi connectivity index (χ1v) is 4.78. The van der Waals surface area contributed by atoms with Crippen molar-refractivity contribution < 1.29 is 9.47 Å². The predicted molar refractivity (Wildman–Crippen MR) is 43.3 cm³/mol. The van der Waals surface area contributed by atoms with Crippen molar-refractivity contribution in [1.29, 1.82) is 0 Å². The minimum Gasteiger partial charge on any atom is -0.347 e. The maximum atomic E-state index is 5.45. The van der Waals surface area contributed by atoms with Crippen molar-refractivity contribution in [1.82, 2.24) is 0 Å². The smallest absolute Gasteiger partial charge is 0.177 e. The molecule has 0 N–H and O–H groups in total. The predicted octanol–water partition coefficient (Wildman–Crippen LogP) is 1.50. The van der Waals surface area contributed by atoms with Gasteiger partial charge in [0.25, 0.3) is 0 Å². The highest BCUT2D eigenvalue weighted by Crippen LogP contribution is 2.29. The van der Waals surface area contributed by atoms with Crippen LogP contribution >= 0.6 is 11.8 Å². The summed E-state index contributed by atoms with van der Waals surface area (Å²) in [6.45, 7) is 5.60. The molecule has 0 saturated carbocycles. The lowest BCUT2D eigenvalue weighted by Crippen LogP contribution is -2.36. The van der Waals surface area contributed by atoms with Crippen LogP contribution in [0.3, 0.4) is 0 Å². The Labute approximate surface area is 66.3 Å². The van der Waals surface area contributed by atoms with Gasteiger partial charge in [-0.1, -0.05) is 0 Å². The Morgan fingerprint density at radius 1 is 1.40 bits per heavy atom. The van der Waals surface area contributed by atoms with E-state index in [4.69, 9.17) is 9.47 Å². The summed E-state index contributed by atoms with van der Waals surface area (Å²) in [6.07, 6.45) is 2.07. The quantitative estimate of drug-likeness (QED) is 0.613. The summed E-state index contributed by atoms with van der Waals surface area (Å²) in [5.41, 5.74) is 0. The van der Waals surface area contributed by atoms with Crippen molar-refractivity contribution >= 4 is 11.8 Å². The molecule has 10 heavy (non-hydrogen) atoms. The molecule has 3 heteroatoms. The molecule has 1 saturated heterocycles. The number of rotatable bonds is 2. The maximum absolute atomic E-state index is 5.45. The van der Waals surface area contributed by atoms with E-state index in [1.165, 1.54) is 0 Å². The maximum Gasteiger partial charge on any atom is 0.177 e. The van der Waals surface area contributed by atoms with Crippen LogP contribution in [-0.4, -0.2) is 30.5 Å². The Balaban J connectivity index is 2.49. The summed E-state index contributed by atoms with van der Waals surface area (Å²) in [6, 6.07) is 0. The third-order valence-corrected chi connectivity index (χ3v) is 3.09. The molecule has 0 bridgehead atoms. The molecule has 0 radical (unpaired) electrons. The summed E-state index contributed by atoms with van der Waals surface area (Å²) in [5.74, 6) is -0.334. The molecule has 1 atom stereocenters. The molecule has 0 amide bonds. The summed E-state index contributed by atoms with van der Waals surface area (Å²) >= 11 is 1.77. The second kappa shape index (κ2) is 3.11. The average molecular weight is 162 g/mol. The van der Waals surface area contributed by atoms with Crippen LogP contribution in [0.5, 0.6) is 0 Å². The lowest BCUT2D eigenvalue weighted by Gasteiger charge is -2.27. The van der Waals surface area contributed by atoms with Crippen molar-refractivity contribution in [2.24, 2.45) is 0 Å². The lowest BCUT2D eigenvalue weighted by atomic mass is 10.2. The zero-order valence-electron chi connectivity index (χ0n) is 6.72. The Hall–Kier alpha value is 0.270. The fraction of sp³-hybridized carbons (Fsp3) is 1.00. The summed E-state index contributed by atoms with van der Waals surface area (Å²) < 4.78 is 10.9. The molecular weight excluding hydrogens is 148 g/mol. The van der Waals surface area contributed by atoms with Gasteiger partial charge in [0, 0.05) is 0 Å². The van der Waals surface area contributed by atoms with Gasteiger partial charge in [0.1, 0.15) is 0 Å². The minimum absolute atomic E-state index is 0.334. The van der Waals surface area contributed by atoms with Crippen LogP contribution in [0.1, 0.15) is 13.8 Å². The first kappa shape index (κ1) is 8.37. The summed E-state index contributed by atoms with van der Waals surface area (Å²) in [5, 5.41) is 0.412. The second-order valence-corrected chi connectivity index (χ2v) is 3.77. The second-order valence-electron chi connectivity index (χ2n) is 2.59. The van der Waals surface area contributed by atoms with Gasteiger partial charge >= 0.3 is 0 Å². The van der Waals surface area contributed by atoms with Gasteiger partial charge in [0.05, 0.1) is 18.5 Å². The zero-order chi connectivity index (χ0) is 7.61. The zero-order valence-corrected chi connectivity index (χ0v) is 7.53. The van der Waals surface area contributed by atoms with E-state index < -0.39 is 0 Å². The Bertz CT molecular complexity index is 110. The van der Waals surface area contributed by atoms with Gasteiger partial charge in [-0.2, -0.15) is 11.8 Å². The molecule has 0 aliphatic carbocycles. The molecule has 0 aromatic rings. The van der Waals surface area contributed by atoms with Gasteiger partial charge < -0.3 is 9.47 Å². The number of ether oxygens (including phenoxy) is 2. The fourth-order valence-corrected chi connectivity index (χ4v) is 1.54. The summed E-state index contributed by atoms with van der Waals surface area (Å²) in [4.78, 5) is 0. The van der Waals surface area contributed by atoms with Gasteiger partial charge in [0.2, 0.25) is 0 Å². The van der Waals surface area contributed by atoms with Crippen LogP contribution in [0.2, 0.25) is 0 Å². The SMILES string of the molecule is CSC(C)C1(C)OCCO1. The van der Waals surface area contributed by atoms with E-state index in [9.17, 15) is 0 Å². The molecule has 1 rings (SSSR count). The van der Waals surface area contributed by atoms with E-state index in [0.29, 0.717) is 5.25 Å². The van der Waals surface area contributed by atoms with Crippen LogP contribution in [0, 0.1) is 0 Å². The molecule has 0 aromatic carbocycles. The molecule has 1 aliphatic rings. The van der Waals surface area contributed by atoms with Crippen LogP contribution in [0.4, 0.5) is 0 Å². The molecule has 0 aromatic heterocycles. The highest BCUT2D eigenvalue weighted by Gasteiger charge is 2.36. The lowest BCUT2D eigenvalue weighted by molar-refractivity contribution is -0.138. The molecule has 2 nitrogen and oxygen atoms in total. The van der Waals surface area contributed by atoms with Gasteiger partial charge in [-0.05, 0) is 20.1 Å². The number of hydrogen-bond acceptors (Lipinski definition) is 3. The van der Waals surface area contributed by atoms with Crippen molar-refractivity contribution in [2.45, 2.75) is 24.9 Å². The van der Waals surface area contributed by atoms with E-state index in [1.54, 1.807) is 11.8 Å². The monoisotopic (exact) mass is 162 g/mol. The Morgan fingerprint density at radius 3 is 2.30 bits per heavy atom. The van der Waals surface area contributed by atoms with Gasteiger partial charge in [-0.15, -0.1) is 0 Å². The third-order valence-electron chi connectivity index (χ3n) is 1.95. The van der Waals surface area contributed by atoms with Gasteiger partial charge in [-0.3, -0.25) is 0 Å². The van der Waals surface area contributed by atoms with Gasteiger partial charge in [0.15, 0.2) is 5.79 Å². The number of thioether (sulfide) groups is 1. The van der Waals surface area contributed by atoms with E-state index >= 15 is 0 Å². The molecule has 1 fully saturated rings. The topological polar surface area (TPSA) is 18.5 Å². The first-order valence-electron chi connectivity index (χ1n) is 3.50. The Morgan fingerprint density at radius 2 is 1.90 bits per heavy atom. The summed E-state index contributed by atoms with van der Waals surface area (Å²) in [7, 11) is 0. The number of hydrogen-bond donors (Lipinski definition) is 0. The fourth-order valence-electron chi connectivity index (χ4n) is 0.979. The Kier molecular flexibility index (Phi) is 2.61. The van der Waals surface area contributed by atoms with E-state index in [2.05, 4.69) is 13.2 Å². The van der Waals surface area contributed by atoms with E-state index in [-0.39, 0.29) is 5.79 Å². The molecule has 1 aliphatic heterocycles. The largest absolute Gasteiger partial charge is 0.347 e. The highest BCUT2D eigenvalue weighted by molar-refractivity contribution is 7.99. The van der Waals surface area contributed by atoms with Crippen molar-refractivity contribution in [3.63, 3.8) is 0 Å². The van der Waals surface area contributed by atoms with E-state index in [1.807, 2.05) is 6.92 Å². The van der Waals surface area contributed by atoms with Gasteiger partial charge in [-0.25, -0.2) is 0 Å². The highest BCUT2D eigenvalue weighted by atomic mass is 32.2. The molecule has 1 unspecified atom stereocenters. The van der Waals surface area contributed by atoms with Crippen molar-refractivity contribution in [3.05, 3.63) is 0 Å². The van der Waals surface area contributed by atoms with E-state index in [0.717, 1.165) is 13.2 Å². The molecule has 1 heterocycles. The minimum atomic E-state index is -0.334. The van der Waals surface area contributed by atoms with Crippen LogP contribution in [-0.2, 0) is 9.47 Å². The first-order chi connectivity index (χ1) is 4.69. The van der Waals surface area contributed by atoms with Crippen LogP contribution < -0.4 is 0 Å². The molecule has 60 valence electrons. The average Bonchev–Trinajstić information content (AvgIpc) is 2.36. The van der Waals surface area contributed by atoms with Crippen LogP contribution in [0.25, 0.3) is 0 Å². The third kappa shape index (κ3) is 1.47. The van der Waals surface area contributed by atoms with Crippen molar-refractivity contribution in [3.8, 4) is 0 Å². The van der Waals surface area contributed by atoms with Crippen LogP contribution in [0.15, 0.2) is 0 Å². The van der Waals surface area contributed by atoms with Crippen molar-refractivity contribution in [2.75, 3.05) is 19.5 Å². The molecule has 0 spiro atoms. The normalized spacial score (nSPS) is 26.7. The standard InChI is InChI=1S/C7H14O2S/c1-6(10-3)7(2)8-4-5-9-7/h6H,4-5H2,1-3H3.